The molecule has 86 valence electrons. The topological polar surface area (TPSA) is 12.0 Å². The monoisotopic (exact) mass is 265 g/mol. The molecule has 0 fully saturated rings. The van der Waals surface area contributed by atoms with Crippen LogP contribution in [0.15, 0.2) is 6.07 Å². The van der Waals surface area contributed by atoms with E-state index in [0.717, 1.165) is 20.7 Å². The van der Waals surface area contributed by atoms with Crippen molar-refractivity contribution < 1.29 is 0 Å². The van der Waals surface area contributed by atoms with Crippen LogP contribution in [-0.4, -0.2) is 7.05 Å². The summed E-state index contributed by atoms with van der Waals surface area (Å²) in [6, 6.07) is 2.21. The van der Waals surface area contributed by atoms with Crippen molar-refractivity contribution in [3.05, 3.63) is 20.3 Å². The normalized spacial score (nSPS) is 14.3. The maximum Gasteiger partial charge on any atom is 0.0992 e. The van der Waals surface area contributed by atoms with Gasteiger partial charge >= 0.3 is 0 Å². The van der Waals surface area contributed by atoms with Gasteiger partial charge in [-0.2, -0.15) is 0 Å². The van der Waals surface area contributed by atoms with Gasteiger partial charge in [0, 0.05) is 11.6 Å². The molecule has 1 unspecified atom stereocenters. The minimum Gasteiger partial charge on any atom is -0.312 e. The zero-order valence-corrected chi connectivity index (χ0v) is 11.9. The van der Waals surface area contributed by atoms with E-state index in [4.69, 9.17) is 23.2 Å². The van der Waals surface area contributed by atoms with Gasteiger partial charge in [0.25, 0.3) is 0 Å². The molecule has 1 aromatic heterocycles. The molecule has 4 heteroatoms. The molecular formula is C11H17Cl2NS. The van der Waals surface area contributed by atoms with E-state index in [1.54, 1.807) is 0 Å². The highest BCUT2D eigenvalue weighted by molar-refractivity contribution is 7.20. The van der Waals surface area contributed by atoms with Gasteiger partial charge in [0.2, 0.25) is 0 Å². The third-order valence-corrected chi connectivity index (χ3v) is 4.49. The average Bonchev–Trinajstić information content (AvgIpc) is 2.47. The van der Waals surface area contributed by atoms with Gasteiger partial charge in [-0.15, -0.1) is 11.3 Å². The average molecular weight is 266 g/mol. The molecule has 0 aromatic carbocycles. The molecule has 1 heterocycles. The second-order valence-corrected chi connectivity index (χ2v) is 6.63. The van der Waals surface area contributed by atoms with Crippen molar-refractivity contribution in [2.45, 2.75) is 33.2 Å². The van der Waals surface area contributed by atoms with Crippen molar-refractivity contribution in [2.75, 3.05) is 7.05 Å². The molecule has 0 amide bonds. The summed E-state index contributed by atoms with van der Waals surface area (Å²) >= 11 is 13.6. The number of halogens is 2. The third-order valence-electron chi connectivity index (χ3n) is 2.98. The van der Waals surface area contributed by atoms with Gasteiger partial charge in [-0.1, -0.05) is 44.0 Å². The maximum atomic E-state index is 6.18. The van der Waals surface area contributed by atoms with Crippen LogP contribution in [-0.2, 0) is 0 Å². The van der Waals surface area contributed by atoms with Crippen molar-refractivity contribution in [2.24, 2.45) is 5.41 Å². The van der Waals surface area contributed by atoms with Gasteiger partial charge in [-0.25, -0.2) is 0 Å². The molecule has 0 aliphatic heterocycles. The predicted molar refractivity (Wildman–Crippen MR) is 70.2 cm³/mol. The summed E-state index contributed by atoms with van der Waals surface area (Å²) in [6.45, 7) is 6.65. The number of thiophene rings is 1. The second kappa shape index (κ2) is 5.05. The highest BCUT2D eigenvalue weighted by Gasteiger charge is 2.30. The largest absolute Gasteiger partial charge is 0.312 e. The highest BCUT2D eigenvalue weighted by atomic mass is 35.5. The van der Waals surface area contributed by atoms with Crippen LogP contribution in [0, 0.1) is 5.41 Å². The molecule has 0 aliphatic rings. The molecule has 15 heavy (non-hydrogen) atoms. The van der Waals surface area contributed by atoms with Crippen molar-refractivity contribution >= 4 is 34.5 Å². The van der Waals surface area contributed by atoms with Gasteiger partial charge in [-0.3, -0.25) is 0 Å². The fourth-order valence-electron chi connectivity index (χ4n) is 1.72. The minimum atomic E-state index is 0.169. The van der Waals surface area contributed by atoms with Gasteiger partial charge < -0.3 is 5.32 Å². The quantitative estimate of drug-likeness (QED) is 0.829. The molecule has 1 rings (SSSR count). The second-order valence-electron chi connectivity index (χ2n) is 4.34. The molecule has 0 saturated heterocycles. The molecule has 1 aromatic rings. The molecule has 0 radical (unpaired) electrons. The fraction of sp³-hybridized carbons (Fsp3) is 0.636. The van der Waals surface area contributed by atoms with E-state index in [2.05, 4.69) is 26.1 Å². The first-order valence-electron chi connectivity index (χ1n) is 5.04. The van der Waals surface area contributed by atoms with Crippen LogP contribution >= 0.6 is 34.5 Å². The van der Waals surface area contributed by atoms with Gasteiger partial charge in [-0.05, 0) is 24.9 Å². The Hall–Kier alpha value is 0.240. The van der Waals surface area contributed by atoms with E-state index in [1.165, 1.54) is 11.3 Å². The molecule has 1 N–H and O–H groups in total. The van der Waals surface area contributed by atoms with Crippen LogP contribution < -0.4 is 5.32 Å². The van der Waals surface area contributed by atoms with Gasteiger partial charge in [0.05, 0.1) is 8.67 Å². The van der Waals surface area contributed by atoms with E-state index in [9.17, 15) is 0 Å². The summed E-state index contributed by atoms with van der Waals surface area (Å²) in [4.78, 5) is 0. The number of rotatable bonds is 4. The lowest BCUT2D eigenvalue weighted by Crippen LogP contribution is -2.31. The minimum absolute atomic E-state index is 0.169. The maximum absolute atomic E-state index is 6.18. The smallest absolute Gasteiger partial charge is 0.0992 e. The fourth-order valence-corrected chi connectivity index (χ4v) is 3.25. The van der Waals surface area contributed by atoms with Crippen LogP contribution in [0.2, 0.25) is 8.67 Å². The summed E-state index contributed by atoms with van der Waals surface area (Å²) in [5, 5.41) is 3.33. The molecule has 0 spiro atoms. The molecular weight excluding hydrogens is 249 g/mol. The van der Waals surface area contributed by atoms with Crippen LogP contribution in [0.25, 0.3) is 0 Å². The third kappa shape index (κ3) is 2.88. The zero-order valence-electron chi connectivity index (χ0n) is 9.53. The van der Waals surface area contributed by atoms with Crippen LogP contribution in [0.5, 0.6) is 0 Å². The lowest BCUT2D eigenvalue weighted by Gasteiger charge is -2.33. The summed E-state index contributed by atoms with van der Waals surface area (Å²) in [5.74, 6) is 0. The summed E-state index contributed by atoms with van der Waals surface area (Å²) in [7, 11) is 1.96. The summed E-state index contributed by atoms with van der Waals surface area (Å²) in [6.07, 6.45) is 1.09. The Morgan fingerprint density at radius 3 is 2.40 bits per heavy atom. The van der Waals surface area contributed by atoms with E-state index in [0.29, 0.717) is 0 Å². The summed E-state index contributed by atoms with van der Waals surface area (Å²) in [5.41, 5.74) is 1.28. The van der Waals surface area contributed by atoms with Gasteiger partial charge in [0.15, 0.2) is 0 Å². The predicted octanol–water partition coefficient (Wildman–Crippen LogP) is 4.75. The highest BCUT2D eigenvalue weighted by Crippen LogP contribution is 2.43. The van der Waals surface area contributed by atoms with Crippen LogP contribution in [0.4, 0.5) is 0 Å². The SMILES string of the molecule is CCC(C)(C)C(NC)c1cc(Cl)sc1Cl. The Morgan fingerprint density at radius 1 is 1.47 bits per heavy atom. The Balaban J connectivity index is 3.07. The lowest BCUT2D eigenvalue weighted by molar-refractivity contribution is 0.246. The zero-order chi connectivity index (χ0) is 11.6. The van der Waals surface area contributed by atoms with Crippen LogP contribution in [0.1, 0.15) is 38.8 Å². The van der Waals surface area contributed by atoms with Crippen molar-refractivity contribution in [1.29, 1.82) is 0 Å². The van der Waals surface area contributed by atoms with Gasteiger partial charge in [0.1, 0.15) is 0 Å². The first kappa shape index (κ1) is 13.3. The van der Waals surface area contributed by atoms with Crippen molar-refractivity contribution in [3.8, 4) is 0 Å². The molecule has 0 aliphatic carbocycles. The first-order valence-corrected chi connectivity index (χ1v) is 6.61. The Bertz CT molecular complexity index is 333. The summed E-state index contributed by atoms with van der Waals surface area (Å²) < 4.78 is 1.54. The van der Waals surface area contributed by atoms with Crippen molar-refractivity contribution in [3.63, 3.8) is 0 Å². The van der Waals surface area contributed by atoms with E-state index >= 15 is 0 Å². The van der Waals surface area contributed by atoms with E-state index in [-0.39, 0.29) is 11.5 Å². The molecule has 0 saturated carbocycles. The lowest BCUT2D eigenvalue weighted by atomic mass is 9.79. The number of hydrogen-bond donors (Lipinski definition) is 1. The standard InChI is InChI=1S/C11H17Cl2NS/c1-5-11(2,3)9(14-4)7-6-8(12)15-10(7)13/h6,9,14H,5H2,1-4H3. The van der Waals surface area contributed by atoms with Crippen LogP contribution in [0.3, 0.4) is 0 Å². The Kier molecular flexibility index (Phi) is 4.48. The molecule has 1 atom stereocenters. The molecule has 1 nitrogen and oxygen atoms in total. The van der Waals surface area contributed by atoms with Crippen molar-refractivity contribution in [1.82, 2.24) is 5.32 Å². The number of nitrogens with one attached hydrogen (secondary N) is 1. The first-order chi connectivity index (χ1) is 6.92. The molecule has 0 bridgehead atoms. The van der Waals surface area contributed by atoms with E-state index < -0.39 is 0 Å². The Morgan fingerprint density at radius 2 is 2.07 bits per heavy atom. The number of hydrogen-bond acceptors (Lipinski definition) is 2. The van der Waals surface area contributed by atoms with E-state index in [1.807, 2.05) is 13.1 Å². The Labute approximate surface area is 106 Å².